The fraction of sp³-hybridized carbons (Fsp3) is 0.350. The lowest BCUT2D eigenvalue weighted by Gasteiger charge is -2.25. The molecule has 0 bridgehead atoms. The van der Waals surface area contributed by atoms with Crippen LogP contribution in [0.15, 0.2) is 42.6 Å². The van der Waals surface area contributed by atoms with Gasteiger partial charge in [-0.15, -0.1) is 0 Å². The number of aliphatic carboxylic acids is 1. The van der Waals surface area contributed by atoms with Crippen LogP contribution in [0.5, 0.6) is 5.88 Å². The van der Waals surface area contributed by atoms with Gasteiger partial charge in [-0.3, -0.25) is 9.59 Å². The first-order valence-electron chi connectivity index (χ1n) is 8.77. The average Bonchev–Trinajstić information content (AvgIpc) is 2.60. The van der Waals surface area contributed by atoms with Crippen molar-refractivity contribution in [3.8, 4) is 5.88 Å². The number of carboxylic acids is 1. The molecule has 1 unspecified atom stereocenters. The standard InChI is InChI=1S/C20H22N2O4/c1-13(20(24)25)11-14-5-7-16(8-6-14)22-19(23)15-9-10-21-18(12-15)26-17-3-2-4-17/h5-10,12-13,17H,2-4,11H2,1H3,(H,22,23)(H,24,25). The highest BCUT2D eigenvalue weighted by Gasteiger charge is 2.20. The van der Waals surface area contributed by atoms with Crippen molar-refractivity contribution in [2.75, 3.05) is 5.32 Å². The number of carbonyl (C=O) groups is 2. The van der Waals surface area contributed by atoms with Crippen LogP contribution in [-0.2, 0) is 11.2 Å². The highest BCUT2D eigenvalue weighted by atomic mass is 16.5. The summed E-state index contributed by atoms with van der Waals surface area (Å²) in [5.41, 5.74) is 2.05. The summed E-state index contributed by atoms with van der Waals surface area (Å²) in [7, 11) is 0. The van der Waals surface area contributed by atoms with Crippen LogP contribution in [-0.4, -0.2) is 28.1 Å². The summed E-state index contributed by atoms with van der Waals surface area (Å²) in [6, 6.07) is 10.5. The molecule has 1 aliphatic carbocycles. The van der Waals surface area contributed by atoms with E-state index in [1.54, 1.807) is 37.4 Å². The fourth-order valence-electron chi connectivity index (χ4n) is 2.64. The monoisotopic (exact) mass is 354 g/mol. The molecule has 0 spiro atoms. The summed E-state index contributed by atoms with van der Waals surface area (Å²) < 4.78 is 5.72. The van der Waals surface area contributed by atoms with Crippen molar-refractivity contribution < 1.29 is 19.4 Å². The molecule has 2 N–H and O–H groups in total. The van der Waals surface area contributed by atoms with E-state index in [-0.39, 0.29) is 12.0 Å². The van der Waals surface area contributed by atoms with E-state index < -0.39 is 11.9 Å². The quantitative estimate of drug-likeness (QED) is 0.794. The number of ether oxygens (including phenoxy) is 1. The van der Waals surface area contributed by atoms with Gasteiger partial charge in [0.05, 0.1) is 5.92 Å². The molecule has 3 rings (SSSR count). The van der Waals surface area contributed by atoms with Crippen molar-refractivity contribution in [3.63, 3.8) is 0 Å². The number of nitrogens with one attached hydrogen (secondary N) is 1. The zero-order chi connectivity index (χ0) is 18.5. The third-order valence-corrected chi connectivity index (χ3v) is 4.51. The first kappa shape index (κ1) is 17.9. The highest BCUT2D eigenvalue weighted by molar-refractivity contribution is 6.04. The minimum atomic E-state index is -0.819. The van der Waals surface area contributed by atoms with E-state index in [1.807, 2.05) is 12.1 Å². The maximum Gasteiger partial charge on any atom is 0.306 e. The molecule has 0 aliphatic heterocycles. The molecule has 1 amide bonds. The van der Waals surface area contributed by atoms with Gasteiger partial charge < -0.3 is 15.2 Å². The minimum absolute atomic E-state index is 0.210. The van der Waals surface area contributed by atoms with Crippen molar-refractivity contribution >= 4 is 17.6 Å². The molecular weight excluding hydrogens is 332 g/mol. The molecule has 1 aliphatic rings. The Hall–Kier alpha value is -2.89. The van der Waals surface area contributed by atoms with E-state index in [9.17, 15) is 9.59 Å². The van der Waals surface area contributed by atoms with Gasteiger partial charge in [0.1, 0.15) is 6.10 Å². The summed E-state index contributed by atoms with van der Waals surface area (Å²) in [5.74, 6) is -1.03. The Bertz CT molecular complexity index is 785. The number of hydrogen-bond donors (Lipinski definition) is 2. The number of nitrogens with zero attached hydrogens (tertiary/aromatic N) is 1. The molecule has 1 heterocycles. The van der Waals surface area contributed by atoms with Crippen LogP contribution in [0.2, 0.25) is 0 Å². The maximum atomic E-state index is 12.4. The molecule has 0 saturated heterocycles. The molecule has 6 nitrogen and oxygen atoms in total. The third kappa shape index (κ3) is 4.59. The number of amides is 1. The number of rotatable bonds is 7. The number of pyridine rings is 1. The zero-order valence-electron chi connectivity index (χ0n) is 14.6. The molecule has 1 atom stereocenters. The lowest BCUT2D eigenvalue weighted by atomic mass is 9.96. The molecule has 0 radical (unpaired) electrons. The van der Waals surface area contributed by atoms with Crippen molar-refractivity contribution in [3.05, 3.63) is 53.7 Å². The predicted octanol–water partition coefficient (Wildman–Crippen LogP) is 3.53. The van der Waals surface area contributed by atoms with Crippen molar-refractivity contribution in [2.24, 2.45) is 5.92 Å². The summed E-state index contributed by atoms with van der Waals surface area (Å²) >= 11 is 0. The molecule has 1 saturated carbocycles. The molecule has 1 fully saturated rings. The van der Waals surface area contributed by atoms with Crippen LogP contribution < -0.4 is 10.1 Å². The van der Waals surface area contributed by atoms with Gasteiger partial charge >= 0.3 is 5.97 Å². The van der Waals surface area contributed by atoms with Gasteiger partial charge in [0.2, 0.25) is 5.88 Å². The highest BCUT2D eigenvalue weighted by Crippen LogP contribution is 2.24. The Morgan fingerprint density at radius 1 is 1.27 bits per heavy atom. The Morgan fingerprint density at radius 3 is 2.62 bits per heavy atom. The van der Waals surface area contributed by atoms with E-state index >= 15 is 0 Å². The lowest BCUT2D eigenvalue weighted by molar-refractivity contribution is -0.141. The van der Waals surface area contributed by atoms with Crippen molar-refractivity contribution in [2.45, 2.75) is 38.7 Å². The van der Waals surface area contributed by atoms with Gasteiger partial charge in [0.25, 0.3) is 5.91 Å². The largest absolute Gasteiger partial charge is 0.481 e. The van der Waals surface area contributed by atoms with Crippen LogP contribution in [0.25, 0.3) is 0 Å². The summed E-state index contributed by atoms with van der Waals surface area (Å²) in [6.07, 6.45) is 5.47. The van der Waals surface area contributed by atoms with E-state index in [0.717, 1.165) is 18.4 Å². The molecule has 1 aromatic carbocycles. The number of anilines is 1. The van der Waals surface area contributed by atoms with E-state index in [1.165, 1.54) is 6.42 Å². The van der Waals surface area contributed by atoms with E-state index in [2.05, 4.69) is 10.3 Å². The Balaban J connectivity index is 1.60. The van der Waals surface area contributed by atoms with Gasteiger partial charge in [-0.1, -0.05) is 19.1 Å². The Kier molecular flexibility index (Phi) is 5.51. The number of benzene rings is 1. The van der Waals surface area contributed by atoms with Crippen LogP contribution in [0, 0.1) is 5.92 Å². The lowest BCUT2D eigenvalue weighted by Crippen LogP contribution is -2.25. The van der Waals surface area contributed by atoms with Gasteiger partial charge in [0, 0.05) is 23.5 Å². The topological polar surface area (TPSA) is 88.5 Å². The fourth-order valence-corrected chi connectivity index (χ4v) is 2.64. The minimum Gasteiger partial charge on any atom is -0.481 e. The van der Waals surface area contributed by atoms with Gasteiger partial charge in [0.15, 0.2) is 0 Å². The Morgan fingerprint density at radius 2 is 2.00 bits per heavy atom. The van der Waals surface area contributed by atoms with Crippen molar-refractivity contribution in [1.29, 1.82) is 0 Å². The molecule has 26 heavy (non-hydrogen) atoms. The summed E-state index contributed by atoms with van der Waals surface area (Å²) in [5, 5.41) is 11.8. The number of aromatic nitrogens is 1. The normalized spacial score (nSPS) is 15.0. The molecule has 136 valence electrons. The second-order valence-corrected chi connectivity index (χ2v) is 6.65. The van der Waals surface area contributed by atoms with Crippen LogP contribution in [0.3, 0.4) is 0 Å². The molecule has 2 aromatic rings. The smallest absolute Gasteiger partial charge is 0.306 e. The van der Waals surface area contributed by atoms with Crippen LogP contribution in [0.1, 0.15) is 42.1 Å². The van der Waals surface area contributed by atoms with Crippen LogP contribution >= 0.6 is 0 Å². The second-order valence-electron chi connectivity index (χ2n) is 6.65. The van der Waals surface area contributed by atoms with Crippen LogP contribution in [0.4, 0.5) is 5.69 Å². The van der Waals surface area contributed by atoms with E-state index in [4.69, 9.17) is 9.84 Å². The average molecular weight is 354 g/mol. The van der Waals surface area contributed by atoms with Crippen molar-refractivity contribution in [1.82, 2.24) is 4.98 Å². The SMILES string of the molecule is CC(Cc1ccc(NC(=O)c2ccnc(OC3CCC3)c2)cc1)C(=O)O. The van der Waals surface area contributed by atoms with Gasteiger partial charge in [-0.2, -0.15) is 0 Å². The molecule has 1 aromatic heterocycles. The summed E-state index contributed by atoms with van der Waals surface area (Å²) in [4.78, 5) is 27.5. The van der Waals surface area contributed by atoms with Gasteiger partial charge in [-0.05, 0) is 49.4 Å². The maximum absolute atomic E-state index is 12.4. The predicted molar refractivity (Wildman–Crippen MR) is 97.4 cm³/mol. The first-order chi connectivity index (χ1) is 12.5. The molecular formula is C20H22N2O4. The summed E-state index contributed by atoms with van der Waals surface area (Å²) in [6.45, 7) is 1.67. The van der Waals surface area contributed by atoms with Gasteiger partial charge in [-0.25, -0.2) is 4.98 Å². The molecule has 6 heteroatoms. The Labute approximate surface area is 152 Å². The number of hydrogen-bond acceptors (Lipinski definition) is 4. The van der Waals surface area contributed by atoms with E-state index in [0.29, 0.717) is 23.6 Å². The zero-order valence-corrected chi connectivity index (χ0v) is 14.6. The first-order valence-corrected chi connectivity index (χ1v) is 8.77. The third-order valence-electron chi connectivity index (χ3n) is 4.51. The second kappa shape index (κ2) is 7.99. The number of carbonyl (C=O) groups excluding carboxylic acids is 1. The number of carboxylic acid groups (broad SMARTS) is 1.